The van der Waals surface area contributed by atoms with Crippen LogP contribution in [0.5, 0.6) is 0 Å². The van der Waals surface area contributed by atoms with Gasteiger partial charge in [0.05, 0.1) is 12.2 Å². The highest BCUT2D eigenvalue weighted by atomic mass is 16.6. The summed E-state index contributed by atoms with van der Waals surface area (Å²) in [5.41, 5.74) is 0.913. The first kappa shape index (κ1) is 21.7. The molecule has 1 saturated heterocycles. The van der Waals surface area contributed by atoms with Gasteiger partial charge < -0.3 is 9.84 Å². The number of hydrogen-bond donors (Lipinski definition) is 1. The van der Waals surface area contributed by atoms with Crippen molar-refractivity contribution in [1.29, 1.82) is 0 Å². The van der Waals surface area contributed by atoms with E-state index in [1.165, 1.54) is 51.4 Å². The van der Waals surface area contributed by atoms with E-state index in [1.54, 1.807) is 0 Å². The Bertz CT molecular complexity index is 659. The van der Waals surface area contributed by atoms with Crippen molar-refractivity contribution in [2.45, 2.75) is 124 Å². The third-order valence-electron chi connectivity index (χ3n) is 12.0. The minimum absolute atomic E-state index is 0.0395. The van der Waals surface area contributed by atoms with Gasteiger partial charge in [0, 0.05) is 11.8 Å². The van der Waals surface area contributed by atoms with E-state index in [0.29, 0.717) is 16.9 Å². The summed E-state index contributed by atoms with van der Waals surface area (Å²) >= 11 is 0. The van der Waals surface area contributed by atoms with Crippen LogP contribution in [0.3, 0.4) is 0 Å². The molecule has 1 unspecified atom stereocenters. The number of rotatable bonds is 5. The molecule has 0 aromatic rings. The minimum atomic E-state index is -0.126. The number of epoxide rings is 1. The van der Waals surface area contributed by atoms with Gasteiger partial charge in [-0.15, -0.1) is 0 Å². The van der Waals surface area contributed by atoms with Crippen molar-refractivity contribution < 1.29 is 9.84 Å². The van der Waals surface area contributed by atoms with E-state index in [0.717, 1.165) is 54.3 Å². The Balaban J connectivity index is 1.32. The minimum Gasteiger partial charge on any atom is -0.393 e. The first-order valence-electron chi connectivity index (χ1n) is 13.5. The molecule has 0 aromatic carbocycles. The van der Waals surface area contributed by atoms with Crippen molar-refractivity contribution in [2.24, 2.45) is 52.3 Å². The summed E-state index contributed by atoms with van der Waals surface area (Å²) in [6.07, 6.45) is 13.3. The van der Waals surface area contributed by atoms with Crippen molar-refractivity contribution in [3.8, 4) is 0 Å². The molecule has 2 heteroatoms. The number of aliphatic hydroxyl groups is 1. The highest BCUT2D eigenvalue weighted by Gasteiger charge is 2.76. The van der Waals surface area contributed by atoms with Crippen LogP contribution in [0.4, 0.5) is 0 Å². The number of aliphatic hydroxyl groups excluding tert-OH is 1. The van der Waals surface area contributed by atoms with Crippen molar-refractivity contribution in [3.63, 3.8) is 0 Å². The van der Waals surface area contributed by atoms with E-state index in [2.05, 4.69) is 41.5 Å². The number of hydrogen-bond acceptors (Lipinski definition) is 2. The lowest BCUT2D eigenvalue weighted by molar-refractivity contribution is -0.116. The Morgan fingerprint density at radius 3 is 2.43 bits per heavy atom. The van der Waals surface area contributed by atoms with Crippen LogP contribution in [0, 0.1) is 52.3 Å². The Hall–Kier alpha value is -0.0800. The third-order valence-corrected chi connectivity index (χ3v) is 12.0. The molecule has 1 spiro atoms. The van der Waals surface area contributed by atoms with Crippen LogP contribution < -0.4 is 0 Å². The van der Waals surface area contributed by atoms with Gasteiger partial charge in [-0.3, -0.25) is 0 Å². The molecule has 4 saturated carbocycles. The molecule has 172 valence electrons. The van der Waals surface area contributed by atoms with Gasteiger partial charge in [0.25, 0.3) is 0 Å². The van der Waals surface area contributed by atoms with Crippen LogP contribution in [-0.4, -0.2) is 22.9 Å². The Morgan fingerprint density at radius 2 is 1.70 bits per heavy atom. The van der Waals surface area contributed by atoms with Gasteiger partial charge in [-0.05, 0) is 91.8 Å². The van der Waals surface area contributed by atoms with Gasteiger partial charge in [0.2, 0.25) is 0 Å². The molecule has 1 heterocycles. The molecule has 5 rings (SSSR count). The van der Waals surface area contributed by atoms with Crippen LogP contribution >= 0.6 is 0 Å². The molecular formula is C28H48O2. The summed E-state index contributed by atoms with van der Waals surface area (Å²) in [7, 11) is 0. The number of ether oxygens (including phenoxy) is 1. The molecule has 11 atom stereocenters. The maximum absolute atomic E-state index is 10.4. The van der Waals surface area contributed by atoms with Gasteiger partial charge in [0.1, 0.15) is 5.60 Å². The molecular weight excluding hydrogens is 368 g/mol. The molecule has 5 fully saturated rings. The summed E-state index contributed by atoms with van der Waals surface area (Å²) in [5.74, 6) is 6.09. The second-order valence-electron chi connectivity index (χ2n) is 13.4. The SMILES string of the molecule is CC(C)[C@H](C)CC[C@@H](C)[C@H]1CC[C@H]2[C@@H]3C[C@@H]4OC45C[C@@H](O)CC[C@]5(C)[C@H]3CC[C@]12C. The molecule has 0 amide bonds. The summed E-state index contributed by atoms with van der Waals surface area (Å²) in [4.78, 5) is 0. The van der Waals surface area contributed by atoms with E-state index in [4.69, 9.17) is 4.74 Å². The summed E-state index contributed by atoms with van der Waals surface area (Å²) in [6, 6.07) is 0. The van der Waals surface area contributed by atoms with Gasteiger partial charge >= 0.3 is 0 Å². The van der Waals surface area contributed by atoms with Gasteiger partial charge in [-0.25, -0.2) is 0 Å². The topological polar surface area (TPSA) is 32.8 Å². The monoisotopic (exact) mass is 416 g/mol. The van der Waals surface area contributed by atoms with Gasteiger partial charge in [-0.2, -0.15) is 0 Å². The summed E-state index contributed by atoms with van der Waals surface area (Å²) in [5, 5.41) is 10.4. The molecule has 30 heavy (non-hydrogen) atoms. The molecule has 1 N–H and O–H groups in total. The van der Waals surface area contributed by atoms with E-state index in [1.807, 2.05) is 0 Å². The van der Waals surface area contributed by atoms with Gasteiger partial charge in [-0.1, -0.05) is 54.4 Å². The van der Waals surface area contributed by atoms with Crippen LogP contribution in [0.25, 0.3) is 0 Å². The Kier molecular flexibility index (Phi) is 5.23. The second kappa shape index (κ2) is 7.21. The van der Waals surface area contributed by atoms with Gasteiger partial charge in [0.15, 0.2) is 0 Å². The third kappa shape index (κ3) is 2.94. The fraction of sp³-hybridized carbons (Fsp3) is 1.00. The van der Waals surface area contributed by atoms with E-state index in [-0.39, 0.29) is 11.7 Å². The maximum Gasteiger partial charge on any atom is 0.103 e. The smallest absolute Gasteiger partial charge is 0.103 e. The molecule has 0 radical (unpaired) electrons. The van der Waals surface area contributed by atoms with Crippen LogP contribution in [0.2, 0.25) is 0 Å². The molecule has 0 bridgehead atoms. The predicted octanol–water partition coefficient (Wildman–Crippen LogP) is 6.85. The van der Waals surface area contributed by atoms with Crippen LogP contribution in [0.1, 0.15) is 106 Å². The van der Waals surface area contributed by atoms with Crippen molar-refractivity contribution in [3.05, 3.63) is 0 Å². The quantitative estimate of drug-likeness (QED) is 0.497. The standard InChI is InChI=1S/C28H48O2/c1-17(2)18(3)7-8-19(4)22-9-10-23-21-15-25-28(30-25)16-20(29)11-14-27(28,6)24(21)12-13-26(22,23)5/h17-25,29H,7-16H2,1-6H3/t18-,19-,20+,21+,22-,23+,24+,25+,26-,27-,28?/m1/s1. The maximum atomic E-state index is 10.4. The van der Waals surface area contributed by atoms with E-state index >= 15 is 0 Å². The zero-order valence-electron chi connectivity index (χ0n) is 20.6. The first-order chi connectivity index (χ1) is 14.1. The lowest BCUT2D eigenvalue weighted by Crippen LogP contribution is -2.58. The van der Waals surface area contributed by atoms with Crippen LogP contribution in [-0.2, 0) is 4.74 Å². The molecule has 5 aliphatic rings. The summed E-state index contributed by atoms with van der Waals surface area (Å²) in [6.45, 7) is 15.1. The average Bonchev–Trinajstić information content (AvgIpc) is 3.27. The molecule has 0 aromatic heterocycles. The van der Waals surface area contributed by atoms with Crippen LogP contribution in [0.15, 0.2) is 0 Å². The van der Waals surface area contributed by atoms with E-state index in [9.17, 15) is 5.11 Å². The molecule has 2 nitrogen and oxygen atoms in total. The average molecular weight is 417 g/mol. The predicted molar refractivity (Wildman–Crippen MR) is 123 cm³/mol. The summed E-state index contributed by atoms with van der Waals surface area (Å²) < 4.78 is 6.52. The van der Waals surface area contributed by atoms with Crippen molar-refractivity contribution in [2.75, 3.05) is 0 Å². The number of fused-ring (bicyclic) bond motifs is 4. The lowest BCUT2D eigenvalue weighted by atomic mass is 9.44. The second-order valence-corrected chi connectivity index (χ2v) is 13.4. The molecule has 1 aliphatic heterocycles. The van der Waals surface area contributed by atoms with Crippen molar-refractivity contribution >= 4 is 0 Å². The Labute approximate surface area is 185 Å². The van der Waals surface area contributed by atoms with Crippen molar-refractivity contribution in [1.82, 2.24) is 0 Å². The zero-order chi connectivity index (χ0) is 21.5. The highest BCUT2D eigenvalue weighted by molar-refractivity contribution is 5.24. The lowest BCUT2D eigenvalue weighted by Gasteiger charge is -2.59. The molecule has 4 aliphatic carbocycles. The fourth-order valence-corrected chi connectivity index (χ4v) is 9.69. The largest absolute Gasteiger partial charge is 0.393 e. The fourth-order valence-electron chi connectivity index (χ4n) is 9.69. The normalized spacial score (nSPS) is 54.0. The zero-order valence-corrected chi connectivity index (χ0v) is 20.6. The highest BCUT2D eigenvalue weighted by Crippen LogP contribution is 2.74. The van der Waals surface area contributed by atoms with E-state index < -0.39 is 0 Å². The Morgan fingerprint density at radius 1 is 0.933 bits per heavy atom. The first-order valence-corrected chi connectivity index (χ1v) is 13.5.